The van der Waals surface area contributed by atoms with Gasteiger partial charge in [0.1, 0.15) is 5.82 Å². The van der Waals surface area contributed by atoms with Gasteiger partial charge < -0.3 is 5.73 Å². The summed E-state index contributed by atoms with van der Waals surface area (Å²) in [7, 11) is 0. The van der Waals surface area contributed by atoms with Gasteiger partial charge in [-0.05, 0) is 49.6 Å². The molecule has 0 unspecified atom stereocenters. The number of rotatable bonds is 3. The van der Waals surface area contributed by atoms with Crippen LogP contribution in [0.3, 0.4) is 0 Å². The largest absolute Gasteiger partial charge is 0.320 e. The van der Waals surface area contributed by atoms with Crippen molar-refractivity contribution in [3.63, 3.8) is 0 Å². The first-order valence-corrected chi connectivity index (χ1v) is 7.06. The first-order chi connectivity index (χ1) is 10.0. The van der Waals surface area contributed by atoms with Crippen molar-refractivity contribution in [2.24, 2.45) is 5.73 Å². The standard InChI is InChI=1S/C17H20FN3/c1-4-17-12(2)20-21(13(17)3)11-15-8-14(6-5-7-19)9-16(18)10-15/h8-10H,4,7,11,19H2,1-3H3. The highest BCUT2D eigenvalue weighted by Gasteiger charge is 2.10. The normalized spacial score (nSPS) is 10.3. The molecule has 1 heterocycles. The molecule has 2 N–H and O–H groups in total. The van der Waals surface area contributed by atoms with Gasteiger partial charge in [0.15, 0.2) is 0 Å². The lowest BCUT2D eigenvalue weighted by atomic mass is 10.1. The Labute approximate surface area is 125 Å². The van der Waals surface area contributed by atoms with Crippen LogP contribution in [0.2, 0.25) is 0 Å². The van der Waals surface area contributed by atoms with Crippen LogP contribution in [-0.4, -0.2) is 16.3 Å². The molecule has 110 valence electrons. The van der Waals surface area contributed by atoms with Crippen LogP contribution < -0.4 is 5.73 Å². The molecule has 1 aromatic heterocycles. The molecule has 2 rings (SSSR count). The molecule has 0 aliphatic heterocycles. The summed E-state index contributed by atoms with van der Waals surface area (Å²) in [5.74, 6) is 5.33. The molecule has 21 heavy (non-hydrogen) atoms. The van der Waals surface area contributed by atoms with Gasteiger partial charge in [-0.25, -0.2) is 4.39 Å². The second-order valence-corrected chi connectivity index (χ2v) is 5.01. The number of nitrogens with two attached hydrogens (primary N) is 1. The fourth-order valence-electron chi connectivity index (χ4n) is 2.54. The quantitative estimate of drug-likeness (QED) is 0.881. The maximum absolute atomic E-state index is 13.7. The lowest BCUT2D eigenvalue weighted by Gasteiger charge is -2.06. The Balaban J connectivity index is 2.33. The number of hydrogen-bond acceptors (Lipinski definition) is 2. The zero-order valence-electron chi connectivity index (χ0n) is 12.7. The van der Waals surface area contributed by atoms with Crippen LogP contribution in [0.25, 0.3) is 0 Å². The summed E-state index contributed by atoms with van der Waals surface area (Å²) in [6.07, 6.45) is 0.952. The van der Waals surface area contributed by atoms with Crippen LogP contribution in [0, 0.1) is 31.5 Å². The predicted molar refractivity (Wildman–Crippen MR) is 82.5 cm³/mol. The summed E-state index contributed by atoms with van der Waals surface area (Å²) in [4.78, 5) is 0. The van der Waals surface area contributed by atoms with Gasteiger partial charge in [-0.2, -0.15) is 5.10 Å². The van der Waals surface area contributed by atoms with Gasteiger partial charge in [0.05, 0.1) is 18.8 Å². The third kappa shape index (κ3) is 3.50. The van der Waals surface area contributed by atoms with E-state index in [1.165, 1.54) is 17.7 Å². The van der Waals surface area contributed by atoms with E-state index < -0.39 is 0 Å². The summed E-state index contributed by atoms with van der Waals surface area (Å²) >= 11 is 0. The van der Waals surface area contributed by atoms with Crippen molar-refractivity contribution in [3.8, 4) is 11.8 Å². The molecule has 0 fully saturated rings. The summed E-state index contributed by atoms with van der Waals surface area (Å²) in [6, 6.07) is 4.83. The Morgan fingerprint density at radius 2 is 2.05 bits per heavy atom. The zero-order valence-corrected chi connectivity index (χ0v) is 12.7. The molecular formula is C17H20FN3. The van der Waals surface area contributed by atoms with E-state index in [1.807, 2.05) is 24.6 Å². The zero-order chi connectivity index (χ0) is 15.4. The van der Waals surface area contributed by atoms with Crippen molar-refractivity contribution in [3.05, 3.63) is 52.1 Å². The van der Waals surface area contributed by atoms with Crippen LogP contribution in [0.4, 0.5) is 4.39 Å². The van der Waals surface area contributed by atoms with Gasteiger partial charge in [0, 0.05) is 11.3 Å². The second-order valence-electron chi connectivity index (χ2n) is 5.01. The molecule has 0 atom stereocenters. The number of aryl methyl sites for hydroxylation is 1. The minimum Gasteiger partial charge on any atom is -0.320 e. The van der Waals surface area contributed by atoms with Crippen LogP contribution in [0.15, 0.2) is 18.2 Å². The van der Waals surface area contributed by atoms with E-state index in [2.05, 4.69) is 23.9 Å². The van der Waals surface area contributed by atoms with Gasteiger partial charge in [-0.15, -0.1) is 0 Å². The number of hydrogen-bond donors (Lipinski definition) is 1. The highest BCUT2D eigenvalue weighted by molar-refractivity contribution is 5.38. The van der Waals surface area contributed by atoms with Crippen LogP contribution in [-0.2, 0) is 13.0 Å². The highest BCUT2D eigenvalue weighted by Crippen LogP contribution is 2.16. The minimum atomic E-state index is -0.286. The fourth-order valence-corrected chi connectivity index (χ4v) is 2.54. The Morgan fingerprint density at radius 3 is 2.67 bits per heavy atom. The molecule has 0 aliphatic rings. The average Bonchev–Trinajstić information content (AvgIpc) is 2.70. The van der Waals surface area contributed by atoms with Gasteiger partial charge >= 0.3 is 0 Å². The summed E-state index contributed by atoms with van der Waals surface area (Å²) in [5.41, 5.74) is 10.3. The second kappa shape index (κ2) is 6.55. The molecular weight excluding hydrogens is 265 g/mol. The average molecular weight is 285 g/mol. The molecule has 0 saturated heterocycles. The van der Waals surface area contributed by atoms with Crippen LogP contribution in [0.1, 0.15) is 35.0 Å². The molecule has 4 heteroatoms. The first-order valence-electron chi connectivity index (χ1n) is 7.06. The highest BCUT2D eigenvalue weighted by atomic mass is 19.1. The first kappa shape index (κ1) is 15.3. The topological polar surface area (TPSA) is 43.8 Å². The molecule has 0 spiro atoms. The Kier molecular flexibility index (Phi) is 4.77. The molecule has 0 aliphatic carbocycles. The summed E-state index contributed by atoms with van der Waals surface area (Å²) in [5, 5.41) is 4.54. The molecule has 0 amide bonds. The van der Waals surface area contributed by atoms with Crippen molar-refractivity contribution in [2.45, 2.75) is 33.7 Å². The molecule has 0 radical (unpaired) electrons. The third-order valence-corrected chi connectivity index (χ3v) is 3.51. The number of nitrogens with zero attached hydrogens (tertiary/aromatic N) is 2. The molecule has 2 aromatic rings. The Hall–Kier alpha value is -2.12. The van der Waals surface area contributed by atoms with E-state index >= 15 is 0 Å². The van der Waals surface area contributed by atoms with E-state index in [1.54, 1.807) is 0 Å². The predicted octanol–water partition coefficient (Wildman–Crippen LogP) is 2.56. The SMILES string of the molecule is CCc1c(C)nn(Cc2cc(F)cc(C#CCN)c2)c1C. The minimum absolute atomic E-state index is 0.267. The van der Waals surface area contributed by atoms with Gasteiger partial charge in [-0.3, -0.25) is 4.68 Å². The van der Waals surface area contributed by atoms with E-state index in [9.17, 15) is 4.39 Å². The van der Waals surface area contributed by atoms with E-state index in [0.29, 0.717) is 12.1 Å². The van der Waals surface area contributed by atoms with Crippen molar-refractivity contribution in [2.75, 3.05) is 6.54 Å². The fraction of sp³-hybridized carbons (Fsp3) is 0.353. The maximum Gasteiger partial charge on any atom is 0.124 e. The third-order valence-electron chi connectivity index (χ3n) is 3.51. The molecule has 3 nitrogen and oxygen atoms in total. The number of benzene rings is 1. The van der Waals surface area contributed by atoms with E-state index in [-0.39, 0.29) is 12.4 Å². The molecule has 0 saturated carbocycles. The smallest absolute Gasteiger partial charge is 0.124 e. The van der Waals surface area contributed by atoms with Crippen molar-refractivity contribution in [1.82, 2.24) is 9.78 Å². The Bertz CT molecular complexity index is 705. The van der Waals surface area contributed by atoms with E-state index in [4.69, 9.17) is 5.73 Å². The molecule has 1 aromatic carbocycles. The summed E-state index contributed by atoms with van der Waals surface area (Å²) in [6.45, 7) is 6.98. The van der Waals surface area contributed by atoms with Crippen molar-refractivity contribution < 1.29 is 4.39 Å². The maximum atomic E-state index is 13.7. The number of aromatic nitrogens is 2. The van der Waals surface area contributed by atoms with Crippen molar-refractivity contribution in [1.29, 1.82) is 0 Å². The van der Waals surface area contributed by atoms with Crippen LogP contribution >= 0.6 is 0 Å². The van der Waals surface area contributed by atoms with E-state index in [0.717, 1.165) is 23.4 Å². The van der Waals surface area contributed by atoms with Gasteiger partial charge in [0.2, 0.25) is 0 Å². The monoisotopic (exact) mass is 285 g/mol. The van der Waals surface area contributed by atoms with Gasteiger partial charge in [-0.1, -0.05) is 18.8 Å². The number of halogens is 1. The van der Waals surface area contributed by atoms with Gasteiger partial charge in [0.25, 0.3) is 0 Å². The molecule has 0 bridgehead atoms. The van der Waals surface area contributed by atoms with Crippen LogP contribution in [0.5, 0.6) is 0 Å². The lowest BCUT2D eigenvalue weighted by Crippen LogP contribution is -2.05. The lowest BCUT2D eigenvalue weighted by molar-refractivity contribution is 0.615. The van der Waals surface area contributed by atoms with Crippen molar-refractivity contribution >= 4 is 0 Å². The summed E-state index contributed by atoms with van der Waals surface area (Å²) < 4.78 is 15.6. The Morgan fingerprint density at radius 1 is 1.29 bits per heavy atom.